The monoisotopic (exact) mass is 382 g/mol. The highest BCUT2D eigenvalue weighted by Gasteiger charge is 2.26. The molecule has 1 aliphatic rings. The van der Waals surface area contributed by atoms with Crippen molar-refractivity contribution in [2.45, 2.75) is 20.0 Å². The van der Waals surface area contributed by atoms with Crippen LogP contribution in [0.4, 0.5) is 0 Å². The Kier molecular flexibility index (Phi) is 5.76. The van der Waals surface area contributed by atoms with Crippen LogP contribution in [0.5, 0.6) is 11.5 Å². The molecule has 1 N–H and O–H groups in total. The van der Waals surface area contributed by atoms with Gasteiger partial charge in [-0.1, -0.05) is 25.1 Å². The molecule has 0 aromatic heterocycles. The van der Waals surface area contributed by atoms with E-state index in [0.29, 0.717) is 17.4 Å². The van der Waals surface area contributed by atoms with E-state index >= 15 is 0 Å². The Morgan fingerprint density at radius 3 is 2.52 bits per heavy atom. The summed E-state index contributed by atoms with van der Waals surface area (Å²) in [6.45, 7) is 2.49. The second-order valence-electron chi connectivity index (χ2n) is 6.21. The summed E-state index contributed by atoms with van der Waals surface area (Å²) in [5.41, 5.74) is 3.48. The number of thiocarbonyl (C=S) groups is 1. The number of amides is 1. The molecule has 1 amide bonds. The summed E-state index contributed by atoms with van der Waals surface area (Å²) < 4.78 is 11.3. The minimum Gasteiger partial charge on any atom is -0.496 e. The van der Waals surface area contributed by atoms with E-state index in [-0.39, 0.29) is 5.91 Å². The van der Waals surface area contributed by atoms with Crippen LogP contribution in [0.15, 0.2) is 48.2 Å². The molecule has 1 aliphatic heterocycles. The van der Waals surface area contributed by atoms with Crippen LogP contribution in [0.25, 0.3) is 6.08 Å². The molecule has 140 valence electrons. The van der Waals surface area contributed by atoms with E-state index in [2.05, 4.69) is 24.4 Å². The average molecular weight is 382 g/mol. The number of ether oxygens (including phenoxy) is 2. The normalized spacial score (nSPS) is 15.2. The van der Waals surface area contributed by atoms with Crippen LogP contribution in [0.3, 0.4) is 0 Å². The highest BCUT2D eigenvalue weighted by atomic mass is 32.1. The lowest BCUT2D eigenvalue weighted by atomic mass is 10.1. The molecule has 0 bridgehead atoms. The highest BCUT2D eigenvalue weighted by Crippen LogP contribution is 2.24. The van der Waals surface area contributed by atoms with Crippen molar-refractivity contribution in [2.75, 3.05) is 14.2 Å². The van der Waals surface area contributed by atoms with Crippen LogP contribution in [0.1, 0.15) is 23.6 Å². The van der Waals surface area contributed by atoms with Gasteiger partial charge in [-0.3, -0.25) is 9.69 Å². The molecule has 0 saturated carbocycles. The predicted octanol–water partition coefficient (Wildman–Crippen LogP) is 3.52. The molecular weight excluding hydrogens is 360 g/mol. The molecule has 0 radical (unpaired) electrons. The summed E-state index contributed by atoms with van der Waals surface area (Å²) in [6.07, 6.45) is 2.77. The van der Waals surface area contributed by atoms with Crippen molar-refractivity contribution in [3.8, 4) is 11.5 Å². The third-order valence-corrected chi connectivity index (χ3v) is 4.80. The molecular formula is C21H22N2O3S. The van der Waals surface area contributed by atoms with Gasteiger partial charge in [-0.05, 0) is 60.1 Å². The fourth-order valence-electron chi connectivity index (χ4n) is 2.77. The van der Waals surface area contributed by atoms with E-state index in [9.17, 15) is 4.79 Å². The number of benzene rings is 2. The number of nitrogens with one attached hydrogen (secondary N) is 1. The number of likely N-dealkylation sites (N-methyl/N-ethyl adjacent to an activating group) is 1. The van der Waals surface area contributed by atoms with Crippen molar-refractivity contribution < 1.29 is 14.3 Å². The van der Waals surface area contributed by atoms with Gasteiger partial charge in [-0.15, -0.1) is 0 Å². The maximum atomic E-state index is 12.1. The van der Waals surface area contributed by atoms with Gasteiger partial charge in [0.25, 0.3) is 5.91 Å². The second kappa shape index (κ2) is 8.22. The molecule has 2 aromatic rings. The molecule has 0 atom stereocenters. The molecule has 0 spiro atoms. The van der Waals surface area contributed by atoms with Crippen LogP contribution >= 0.6 is 12.2 Å². The van der Waals surface area contributed by atoms with E-state index in [1.807, 2.05) is 30.3 Å². The standard InChI is InChI=1S/C21H22N2O3S/c1-4-14-5-8-17(9-6-14)26-13-16-11-15(7-10-19(16)25-3)12-18-20(24)23(2)21(27)22-18/h5-12H,4,13H2,1-3H3,(H,22,27)/b18-12+. The zero-order valence-corrected chi connectivity index (χ0v) is 16.4. The van der Waals surface area contributed by atoms with Gasteiger partial charge in [-0.25, -0.2) is 0 Å². The molecule has 1 saturated heterocycles. The lowest BCUT2D eigenvalue weighted by Crippen LogP contribution is -2.25. The number of hydrogen-bond donors (Lipinski definition) is 1. The van der Waals surface area contributed by atoms with E-state index in [1.54, 1.807) is 20.2 Å². The molecule has 1 fully saturated rings. The smallest absolute Gasteiger partial charge is 0.276 e. The van der Waals surface area contributed by atoms with Gasteiger partial charge in [-0.2, -0.15) is 0 Å². The molecule has 3 rings (SSSR count). The maximum Gasteiger partial charge on any atom is 0.276 e. The number of hydrogen-bond acceptors (Lipinski definition) is 4. The lowest BCUT2D eigenvalue weighted by molar-refractivity contribution is -0.121. The maximum absolute atomic E-state index is 12.1. The summed E-state index contributed by atoms with van der Waals surface area (Å²) in [5.74, 6) is 1.39. The van der Waals surface area contributed by atoms with E-state index < -0.39 is 0 Å². The van der Waals surface area contributed by atoms with Crippen molar-refractivity contribution in [2.24, 2.45) is 0 Å². The van der Waals surface area contributed by atoms with Crippen LogP contribution in [0.2, 0.25) is 0 Å². The fourth-order valence-corrected chi connectivity index (χ4v) is 2.97. The van der Waals surface area contributed by atoms with Crippen LogP contribution < -0.4 is 14.8 Å². The average Bonchev–Trinajstić information content (AvgIpc) is 2.93. The first kappa shape index (κ1) is 18.9. The fraction of sp³-hybridized carbons (Fsp3) is 0.238. The van der Waals surface area contributed by atoms with Crippen molar-refractivity contribution in [1.82, 2.24) is 10.2 Å². The van der Waals surface area contributed by atoms with Crippen LogP contribution in [-0.2, 0) is 17.8 Å². The number of aryl methyl sites for hydroxylation is 1. The first-order chi connectivity index (χ1) is 13.0. The Morgan fingerprint density at radius 2 is 1.93 bits per heavy atom. The number of carbonyl (C=O) groups excluding carboxylic acids is 1. The number of nitrogens with zero attached hydrogens (tertiary/aromatic N) is 1. The third kappa shape index (κ3) is 4.28. The third-order valence-electron chi connectivity index (χ3n) is 4.42. The van der Waals surface area contributed by atoms with Crippen LogP contribution in [-0.4, -0.2) is 30.1 Å². The van der Waals surface area contributed by atoms with Crippen molar-refractivity contribution >= 4 is 29.3 Å². The molecule has 27 heavy (non-hydrogen) atoms. The minimum absolute atomic E-state index is 0.148. The topological polar surface area (TPSA) is 50.8 Å². The number of rotatable bonds is 6. The predicted molar refractivity (Wildman–Crippen MR) is 110 cm³/mol. The Morgan fingerprint density at radius 1 is 1.19 bits per heavy atom. The van der Waals surface area contributed by atoms with Crippen molar-refractivity contribution in [3.63, 3.8) is 0 Å². The number of methoxy groups -OCH3 is 1. The highest BCUT2D eigenvalue weighted by molar-refractivity contribution is 7.80. The first-order valence-electron chi connectivity index (χ1n) is 8.71. The summed E-state index contributed by atoms with van der Waals surface area (Å²) in [7, 11) is 3.28. The van der Waals surface area contributed by atoms with Gasteiger partial charge in [0, 0.05) is 12.6 Å². The molecule has 0 aliphatic carbocycles. The lowest BCUT2D eigenvalue weighted by Gasteiger charge is -2.12. The SMILES string of the molecule is CCc1ccc(OCc2cc(/C=C3/NC(=S)N(C)C3=O)ccc2OC)cc1. The van der Waals surface area contributed by atoms with Gasteiger partial charge in [0.05, 0.1) is 7.11 Å². The zero-order chi connectivity index (χ0) is 19.4. The van der Waals surface area contributed by atoms with Gasteiger partial charge in [0.2, 0.25) is 0 Å². The van der Waals surface area contributed by atoms with Crippen molar-refractivity contribution in [1.29, 1.82) is 0 Å². The Balaban J connectivity index is 1.79. The van der Waals surface area contributed by atoms with E-state index in [0.717, 1.165) is 29.0 Å². The van der Waals surface area contributed by atoms with Gasteiger partial charge in [0.1, 0.15) is 23.8 Å². The van der Waals surface area contributed by atoms with E-state index in [4.69, 9.17) is 21.7 Å². The first-order valence-corrected chi connectivity index (χ1v) is 9.12. The molecule has 5 nitrogen and oxygen atoms in total. The molecule has 2 aromatic carbocycles. The Labute approximate surface area is 164 Å². The summed E-state index contributed by atoms with van der Waals surface area (Å²) >= 11 is 5.10. The summed E-state index contributed by atoms with van der Waals surface area (Å²) in [4.78, 5) is 13.6. The van der Waals surface area contributed by atoms with Crippen LogP contribution in [0, 0.1) is 0 Å². The zero-order valence-electron chi connectivity index (χ0n) is 15.6. The van der Waals surface area contributed by atoms with Crippen molar-refractivity contribution in [3.05, 3.63) is 64.9 Å². The summed E-state index contributed by atoms with van der Waals surface area (Å²) in [6, 6.07) is 13.8. The molecule has 6 heteroatoms. The molecule has 0 unspecified atom stereocenters. The van der Waals surface area contributed by atoms with Gasteiger partial charge >= 0.3 is 0 Å². The van der Waals surface area contributed by atoms with Gasteiger partial charge < -0.3 is 14.8 Å². The second-order valence-corrected chi connectivity index (χ2v) is 6.60. The van der Waals surface area contributed by atoms with Gasteiger partial charge in [0.15, 0.2) is 5.11 Å². The minimum atomic E-state index is -0.148. The Hall–Kier alpha value is -2.86. The quantitative estimate of drug-likeness (QED) is 0.612. The number of carbonyl (C=O) groups is 1. The largest absolute Gasteiger partial charge is 0.496 e. The molecule has 1 heterocycles. The van der Waals surface area contributed by atoms with E-state index in [1.165, 1.54) is 10.5 Å². The Bertz CT molecular complexity index is 891. The summed E-state index contributed by atoms with van der Waals surface area (Å²) in [5, 5.41) is 3.33.